The summed E-state index contributed by atoms with van der Waals surface area (Å²) >= 11 is 1.01. The Morgan fingerprint density at radius 2 is 1.65 bits per heavy atom. The summed E-state index contributed by atoms with van der Waals surface area (Å²) in [7, 11) is 0. The molecule has 0 unspecified atom stereocenters. The van der Waals surface area contributed by atoms with Gasteiger partial charge in [-0.25, -0.2) is 0 Å². The van der Waals surface area contributed by atoms with Crippen LogP contribution in [0.2, 0.25) is 0 Å². The smallest absolute Gasteiger partial charge is 0.285 e. The largest absolute Gasteiger partial charge is 0.490 e. The van der Waals surface area contributed by atoms with Crippen molar-refractivity contribution in [3.63, 3.8) is 0 Å². The summed E-state index contributed by atoms with van der Waals surface area (Å²) in [5, 5.41) is 3.20. The number of allylic oxidation sites excluding steroid dienone is 5. The zero-order valence-electron chi connectivity index (χ0n) is 31.4. The third-order valence-electron chi connectivity index (χ3n) is 8.51. The number of hydrogen-bond donors (Lipinski definition) is 1. The number of nitrogens with one attached hydrogen (secondary N) is 1. The Balaban J connectivity index is 1.46. The fourth-order valence-electron chi connectivity index (χ4n) is 6.02. The van der Waals surface area contributed by atoms with Crippen LogP contribution in [0.15, 0.2) is 157 Å². The predicted octanol–water partition coefficient (Wildman–Crippen LogP) is 9.09. The second-order valence-electron chi connectivity index (χ2n) is 12.5. The van der Waals surface area contributed by atoms with Gasteiger partial charge in [0.2, 0.25) is 5.91 Å². The summed E-state index contributed by atoms with van der Waals surface area (Å²) in [6.45, 7) is 14.1. The molecular formula is C46H45N3O5S. The molecule has 0 radical (unpaired) electrons. The van der Waals surface area contributed by atoms with Gasteiger partial charge in [-0.15, -0.1) is 6.58 Å². The highest BCUT2D eigenvalue weighted by atomic mass is 32.2. The van der Waals surface area contributed by atoms with Crippen LogP contribution in [0.1, 0.15) is 53.3 Å². The quantitative estimate of drug-likeness (QED) is 0.0531. The number of hydrogen-bond acceptors (Lipinski definition) is 6. The van der Waals surface area contributed by atoms with E-state index in [0.717, 1.165) is 39.6 Å². The van der Waals surface area contributed by atoms with Crippen LogP contribution in [0.5, 0.6) is 11.5 Å². The van der Waals surface area contributed by atoms with E-state index in [-0.39, 0.29) is 22.4 Å². The molecule has 1 heterocycles. The van der Waals surface area contributed by atoms with Gasteiger partial charge in [-0.05, 0) is 73.7 Å². The minimum atomic E-state index is -0.721. The van der Waals surface area contributed by atoms with Crippen molar-refractivity contribution in [3.8, 4) is 11.5 Å². The van der Waals surface area contributed by atoms with Gasteiger partial charge in [-0.2, -0.15) is 4.99 Å². The first kappa shape index (κ1) is 40.0. The van der Waals surface area contributed by atoms with Crippen molar-refractivity contribution in [1.82, 2.24) is 10.2 Å². The van der Waals surface area contributed by atoms with Gasteiger partial charge in [0.1, 0.15) is 12.2 Å². The second-order valence-corrected chi connectivity index (χ2v) is 13.5. The third kappa shape index (κ3) is 10.5. The van der Waals surface area contributed by atoms with Gasteiger partial charge in [0.15, 0.2) is 16.7 Å². The minimum absolute atomic E-state index is 0.0855. The summed E-state index contributed by atoms with van der Waals surface area (Å²) in [5.74, 6) is -0.651. The molecule has 0 aromatic heterocycles. The van der Waals surface area contributed by atoms with Crippen LogP contribution in [0.25, 0.3) is 6.08 Å². The van der Waals surface area contributed by atoms with E-state index in [4.69, 9.17) is 9.47 Å². The molecule has 1 N–H and O–H groups in total. The number of carbonyl (C=O) groups excluding carboxylic acids is 3. The Kier molecular flexibility index (Phi) is 14.4. The SMILES string of the molecule is C=C/C=C\C(=C/C)N1C(=O)/C(=C/c2cc(CC=C)c(OCc3cccc(C)c3)c(OCC)c2)C(=O)N=C1SCC(=O)NC(c1ccccc1)c1ccccc1. The second kappa shape index (κ2) is 19.8. The highest BCUT2D eigenvalue weighted by Crippen LogP contribution is 2.36. The Labute approximate surface area is 327 Å². The molecule has 0 spiro atoms. The number of benzene rings is 4. The Morgan fingerprint density at radius 3 is 2.27 bits per heavy atom. The molecule has 55 heavy (non-hydrogen) atoms. The lowest BCUT2D eigenvalue weighted by Crippen LogP contribution is -2.42. The van der Waals surface area contributed by atoms with Crippen LogP contribution in [0.4, 0.5) is 0 Å². The highest BCUT2D eigenvalue weighted by Gasteiger charge is 2.35. The van der Waals surface area contributed by atoms with E-state index in [2.05, 4.69) is 29.5 Å². The van der Waals surface area contributed by atoms with Gasteiger partial charge in [-0.3, -0.25) is 19.3 Å². The molecule has 0 atom stereocenters. The van der Waals surface area contributed by atoms with Crippen LogP contribution in [-0.4, -0.2) is 40.1 Å². The van der Waals surface area contributed by atoms with E-state index in [9.17, 15) is 14.4 Å². The summed E-state index contributed by atoms with van der Waals surface area (Å²) in [6, 6.07) is 30.6. The van der Waals surface area contributed by atoms with E-state index in [0.29, 0.717) is 42.4 Å². The molecular weight excluding hydrogens is 707 g/mol. The lowest BCUT2D eigenvalue weighted by Gasteiger charge is -2.28. The van der Waals surface area contributed by atoms with E-state index in [1.165, 1.54) is 11.0 Å². The average molecular weight is 752 g/mol. The Hall–Kier alpha value is -6.19. The topological polar surface area (TPSA) is 97.3 Å². The Morgan fingerprint density at radius 1 is 0.945 bits per heavy atom. The molecule has 280 valence electrons. The van der Waals surface area contributed by atoms with Gasteiger partial charge < -0.3 is 14.8 Å². The van der Waals surface area contributed by atoms with Gasteiger partial charge in [-0.1, -0.05) is 133 Å². The molecule has 4 aromatic carbocycles. The highest BCUT2D eigenvalue weighted by molar-refractivity contribution is 8.14. The van der Waals surface area contributed by atoms with Gasteiger partial charge in [0, 0.05) is 11.3 Å². The van der Waals surface area contributed by atoms with Crippen molar-refractivity contribution in [2.75, 3.05) is 12.4 Å². The average Bonchev–Trinajstić information content (AvgIpc) is 3.19. The number of amides is 3. The van der Waals surface area contributed by atoms with E-state index in [1.807, 2.05) is 98.8 Å². The molecule has 0 fully saturated rings. The molecule has 0 saturated heterocycles. The van der Waals surface area contributed by atoms with Crippen LogP contribution < -0.4 is 14.8 Å². The van der Waals surface area contributed by atoms with Crippen LogP contribution >= 0.6 is 11.8 Å². The van der Waals surface area contributed by atoms with Crippen LogP contribution in [-0.2, 0) is 27.4 Å². The lowest BCUT2D eigenvalue weighted by molar-refractivity contribution is -0.126. The molecule has 0 aliphatic carbocycles. The van der Waals surface area contributed by atoms with Crippen LogP contribution in [0.3, 0.4) is 0 Å². The predicted molar refractivity (Wildman–Crippen MR) is 223 cm³/mol. The summed E-state index contributed by atoms with van der Waals surface area (Å²) in [4.78, 5) is 47.3. The zero-order valence-corrected chi connectivity index (χ0v) is 32.2. The van der Waals surface area contributed by atoms with Gasteiger partial charge >= 0.3 is 0 Å². The number of rotatable bonds is 16. The fraction of sp³-hybridized carbons (Fsp3) is 0.174. The first-order valence-electron chi connectivity index (χ1n) is 18.0. The molecule has 1 aliphatic heterocycles. The van der Waals surface area contributed by atoms with Crippen LogP contribution in [0, 0.1) is 6.92 Å². The van der Waals surface area contributed by atoms with E-state index >= 15 is 0 Å². The molecule has 0 saturated carbocycles. The standard InChI is InChI=1S/C46H45N3O5S/c1-6-10-25-38(8-3)49-45(52)39(28-34-27-37(18-7-2)43(40(29-34)53-9-4)54-30-33-20-17-19-32(5)26-33)44(51)48-46(49)55-31-41(50)47-42(35-21-13-11-14-22-35)36-23-15-12-16-24-36/h6-8,10-17,19-29,42H,1-2,9,18,30-31H2,3-5H3,(H,47,50)/b25-10-,38-8+,39-28+. The number of thioether (sulfide) groups is 1. The van der Waals surface area contributed by atoms with Crippen molar-refractivity contribution < 1.29 is 23.9 Å². The molecule has 3 amide bonds. The zero-order chi connectivity index (χ0) is 39.2. The maximum absolute atomic E-state index is 14.4. The molecule has 1 aliphatic rings. The van der Waals surface area contributed by atoms with Gasteiger partial charge in [0.25, 0.3) is 11.8 Å². The number of aliphatic imine (C=N–C) groups is 1. The number of nitrogens with zero attached hydrogens (tertiary/aromatic N) is 2. The normalized spacial score (nSPS) is 14.0. The summed E-state index contributed by atoms with van der Waals surface area (Å²) in [6.07, 6.45) is 10.4. The Bertz CT molecular complexity index is 2120. The minimum Gasteiger partial charge on any atom is -0.490 e. The van der Waals surface area contributed by atoms with Gasteiger partial charge in [0.05, 0.1) is 18.4 Å². The number of carbonyl (C=O) groups is 3. The monoisotopic (exact) mass is 751 g/mol. The molecule has 8 nitrogen and oxygen atoms in total. The molecule has 5 rings (SSSR count). The molecule has 4 aromatic rings. The lowest BCUT2D eigenvalue weighted by atomic mass is 9.99. The number of aryl methyl sites for hydroxylation is 1. The number of ether oxygens (including phenoxy) is 2. The van der Waals surface area contributed by atoms with Crippen molar-refractivity contribution >= 4 is 40.7 Å². The van der Waals surface area contributed by atoms with Crippen molar-refractivity contribution in [2.45, 2.75) is 39.8 Å². The van der Waals surface area contributed by atoms with Crippen molar-refractivity contribution in [2.24, 2.45) is 4.99 Å². The van der Waals surface area contributed by atoms with E-state index < -0.39 is 17.9 Å². The van der Waals surface area contributed by atoms with E-state index in [1.54, 1.807) is 43.4 Å². The molecule has 0 bridgehead atoms. The maximum Gasteiger partial charge on any atom is 0.285 e. The fourth-order valence-corrected chi connectivity index (χ4v) is 6.83. The maximum atomic E-state index is 14.4. The van der Waals surface area contributed by atoms with Crippen molar-refractivity contribution in [3.05, 3.63) is 185 Å². The number of amidine groups is 1. The first-order valence-corrected chi connectivity index (χ1v) is 19.0. The van der Waals surface area contributed by atoms with Crippen molar-refractivity contribution in [1.29, 1.82) is 0 Å². The first-order chi connectivity index (χ1) is 26.8. The summed E-state index contributed by atoms with van der Waals surface area (Å²) in [5.41, 5.74) is 5.64. The third-order valence-corrected chi connectivity index (χ3v) is 9.45. The summed E-state index contributed by atoms with van der Waals surface area (Å²) < 4.78 is 12.4. The molecule has 9 heteroatoms.